The fourth-order valence-corrected chi connectivity index (χ4v) is 1.95. The zero-order valence-electron chi connectivity index (χ0n) is 7.53. The maximum Gasteiger partial charge on any atom is 0.349 e. The summed E-state index contributed by atoms with van der Waals surface area (Å²) in [6.07, 6.45) is 1.70. The van der Waals surface area contributed by atoms with Crippen molar-refractivity contribution in [2.24, 2.45) is 0 Å². The molecule has 0 spiro atoms. The third-order valence-corrected chi connectivity index (χ3v) is 3.04. The molecule has 0 aliphatic heterocycles. The average molecular weight is 233 g/mol. The van der Waals surface area contributed by atoms with E-state index < -0.39 is 5.97 Å². The van der Waals surface area contributed by atoms with Crippen molar-refractivity contribution in [3.63, 3.8) is 0 Å². The molecule has 0 radical (unpaired) electrons. The van der Waals surface area contributed by atoms with E-state index in [0.29, 0.717) is 11.7 Å². The van der Waals surface area contributed by atoms with Gasteiger partial charge in [-0.15, -0.1) is 6.58 Å². The molecule has 1 rings (SSSR count). The molecule has 0 aliphatic rings. The fraction of sp³-hybridized carbons (Fsp3) is 0.250. The Kier molecular flexibility index (Phi) is 3.49. The van der Waals surface area contributed by atoms with Gasteiger partial charge in [-0.3, -0.25) is 0 Å². The van der Waals surface area contributed by atoms with Crippen LogP contribution < -0.4 is 4.90 Å². The number of carboxylic acid groups (broad SMARTS) is 1. The summed E-state index contributed by atoms with van der Waals surface area (Å²) in [6, 6.07) is 0. The number of hydrogen-bond donors (Lipinski definition) is 1. The van der Waals surface area contributed by atoms with E-state index in [1.165, 1.54) is 0 Å². The molecule has 0 saturated heterocycles. The Hall–Kier alpha value is -1.07. The molecule has 6 heteroatoms. The minimum atomic E-state index is -1.05. The van der Waals surface area contributed by atoms with Gasteiger partial charge in [-0.05, 0) is 0 Å². The molecule has 1 aromatic heterocycles. The van der Waals surface area contributed by atoms with Crippen molar-refractivity contribution in [3.05, 3.63) is 22.7 Å². The molecule has 4 nitrogen and oxygen atoms in total. The quantitative estimate of drug-likeness (QED) is 0.808. The summed E-state index contributed by atoms with van der Waals surface area (Å²) in [4.78, 5) is 16.4. The molecule has 0 bridgehead atoms. The zero-order valence-corrected chi connectivity index (χ0v) is 9.10. The van der Waals surface area contributed by atoms with Crippen LogP contribution in [0.5, 0.6) is 0 Å². The number of likely N-dealkylation sites (N-methyl/N-ethyl adjacent to an activating group) is 1. The van der Waals surface area contributed by atoms with Gasteiger partial charge in [-0.2, -0.15) is 0 Å². The highest BCUT2D eigenvalue weighted by atomic mass is 35.5. The monoisotopic (exact) mass is 232 g/mol. The lowest BCUT2D eigenvalue weighted by Crippen LogP contribution is -2.15. The number of carboxylic acids is 1. The van der Waals surface area contributed by atoms with Crippen LogP contribution in [0, 0.1) is 0 Å². The SMILES string of the molecule is C=CCN(C)c1nc(Cl)c(C(=O)O)s1. The second-order valence-electron chi connectivity index (χ2n) is 2.59. The molecule has 0 amide bonds. The number of aromatic carboxylic acids is 1. The van der Waals surface area contributed by atoms with Crippen molar-refractivity contribution < 1.29 is 9.90 Å². The van der Waals surface area contributed by atoms with Crippen LogP contribution in [0.25, 0.3) is 0 Å². The third-order valence-electron chi connectivity index (χ3n) is 1.50. The molecule has 1 heterocycles. The maximum absolute atomic E-state index is 10.7. The van der Waals surface area contributed by atoms with Crippen molar-refractivity contribution in [2.75, 3.05) is 18.5 Å². The minimum absolute atomic E-state index is 0.0356. The predicted octanol–water partition coefficient (Wildman–Crippen LogP) is 2.12. The number of anilines is 1. The maximum atomic E-state index is 10.7. The predicted molar refractivity (Wildman–Crippen MR) is 57.6 cm³/mol. The Morgan fingerprint density at radius 1 is 1.86 bits per heavy atom. The number of thiazole rings is 1. The Bertz CT molecular complexity index is 364. The fourth-order valence-electron chi connectivity index (χ4n) is 0.858. The van der Waals surface area contributed by atoms with Gasteiger partial charge in [-0.1, -0.05) is 29.0 Å². The third kappa shape index (κ3) is 2.24. The van der Waals surface area contributed by atoms with Crippen LogP contribution in [0.1, 0.15) is 9.67 Å². The van der Waals surface area contributed by atoms with Crippen molar-refractivity contribution in [3.8, 4) is 0 Å². The molecular weight excluding hydrogens is 224 g/mol. The van der Waals surface area contributed by atoms with Gasteiger partial charge in [0.05, 0.1) is 0 Å². The first-order valence-corrected chi connectivity index (χ1v) is 4.97. The lowest BCUT2D eigenvalue weighted by atomic mass is 10.6. The Morgan fingerprint density at radius 2 is 2.50 bits per heavy atom. The zero-order chi connectivity index (χ0) is 10.7. The molecule has 76 valence electrons. The largest absolute Gasteiger partial charge is 0.477 e. The molecule has 0 atom stereocenters. The Labute approximate surface area is 90.4 Å². The van der Waals surface area contributed by atoms with Gasteiger partial charge in [0.15, 0.2) is 15.2 Å². The first-order chi connectivity index (χ1) is 6.56. The highest BCUT2D eigenvalue weighted by Crippen LogP contribution is 2.28. The van der Waals surface area contributed by atoms with Gasteiger partial charge < -0.3 is 10.0 Å². The summed E-state index contributed by atoms with van der Waals surface area (Å²) in [5.74, 6) is -1.05. The van der Waals surface area contributed by atoms with E-state index in [-0.39, 0.29) is 10.0 Å². The van der Waals surface area contributed by atoms with E-state index in [1.54, 1.807) is 18.0 Å². The second kappa shape index (κ2) is 4.43. The van der Waals surface area contributed by atoms with Gasteiger partial charge >= 0.3 is 5.97 Å². The number of rotatable bonds is 4. The van der Waals surface area contributed by atoms with Crippen LogP contribution in [0.4, 0.5) is 5.13 Å². The van der Waals surface area contributed by atoms with Gasteiger partial charge in [0.2, 0.25) is 0 Å². The van der Waals surface area contributed by atoms with Crippen LogP contribution in [0.2, 0.25) is 5.15 Å². The van der Waals surface area contributed by atoms with E-state index >= 15 is 0 Å². The second-order valence-corrected chi connectivity index (χ2v) is 3.93. The average Bonchev–Trinajstić information content (AvgIpc) is 2.48. The molecule has 0 unspecified atom stereocenters. The lowest BCUT2D eigenvalue weighted by Gasteiger charge is -2.11. The number of carbonyl (C=O) groups is 1. The molecule has 1 aromatic rings. The van der Waals surface area contributed by atoms with Crippen LogP contribution >= 0.6 is 22.9 Å². The highest BCUT2D eigenvalue weighted by molar-refractivity contribution is 7.18. The molecule has 0 aromatic carbocycles. The van der Waals surface area contributed by atoms with Crippen molar-refractivity contribution in [2.45, 2.75) is 0 Å². The van der Waals surface area contributed by atoms with E-state index in [9.17, 15) is 4.79 Å². The number of aromatic nitrogens is 1. The summed E-state index contributed by atoms with van der Waals surface area (Å²) in [5, 5.41) is 9.35. The van der Waals surface area contributed by atoms with E-state index in [1.807, 2.05) is 0 Å². The number of hydrogen-bond acceptors (Lipinski definition) is 4. The van der Waals surface area contributed by atoms with E-state index in [0.717, 1.165) is 11.3 Å². The van der Waals surface area contributed by atoms with Crippen molar-refractivity contribution >= 4 is 34.0 Å². The van der Waals surface area contributed by atoms with Gasteiger partial charge in [0.1, 0.15) is 0 Å². The van der Waals surface area contributed by atoms with Gasteiger partial charge in [0.25, 0.3) is 0 Å². The summed E-state index contributed by atoms with van der Waals surface area (Å²) in [6.45, 7) is 4.18. The summed E-state index contributed by atoms with van der Waals surface area (Å²) in [5.41, 5.74) is 0. The molecule has 0 fully saturated rings. The van der Waals surface area contributed by atoms with Crippen molar-refractivity contribution in [1.82, 2.24) is 4.98 Å². The molecule has 14 heavy (non-hydrogen) atoms. The molecule has 0 aliphatic carbocycles. The van der Waals surface area contributed by atoms with Crippen LogP contribution in [0.3, 0.4) is 0 Å². The molecular formula is C8H9ClN2O2S. The molecule has 0 saturated carbocycles. The minimum Gasteiger partial charge on any atom is -0.477 e. The van der Waals surface area contributed by atoms with Crippen LogP contribution in [-0.2, 0) is 0 Å². The van der Waals surface area contributed by atoms with Crippen molar-refractivity contribution in [1.29, 1.82) is 0 Å². The summed E-state index contributed by atoms with van der Waals surface area (Å²) >= 11 is 6.70. The molecule has 1 N–H and O–H groups in total. The standard InChI is InChI=1S/C8H9ClN2O2S/c1-3-4-11(2)8-10-6(9)5(14-8)7(12)13/h3H,1,4H2,2H3,(H,12,13). The van der Waals surface area contributed by atoms with Crippen LogP contribution in [-0.4, -0.2) is 29.7 Å². The van der Waals surface area contributed by atoms with Gasteiger partial charge in [0, 0.05) is 13.6 Å². The Balaban J connectivity index is 2.95. The lowest BCUT2D eigenvalue weighted by molar-refractivity contribution is 0.0702. The van der Waals surface area contributed by atoms with Crippen LogP contribution in [0.15, 0.2) is 12.7 Å². The first-order valence-electron chi connectivity index (χ1n) is 3.78. The van der Waals surface area contributed by atoms with E-state index in [2.05, 4.69) is 11.6 Å². The van der Waals surface area contributed by atoms with Gasteiger partial charge in [-0.25, -0.2) is 9.78 Å². The highest BCUT2D eigenvalue weighted by Gasteiger charge is 2.17. The first kappa shape index (κ1) is 11.0. The van der Waals surface area contributed by atoms with E-state index in [4.69, 9.17) is 16.7 Å². The normalized spacial score (nSPS) is 9.86. The number of nitrogens with zero attached hydrogens (tertiary/aromatic N) is 2. The smallest absolute Gasteiger partial charge is 0.349 e. The Morgan fingerprint density at radius 3 is 2.93 bits per heavy atom. The topological polar surface area (TPSA) is 53.4 Å². The summed E-state index contributed by atoms with van der Waals surface area (Å²) in [7, 11) is 1.79. The number of halogens is 1. The summed E-state index contributed by atoms with van der Waals surface area (Å²) < 4.78 is 0.